The predicted octanol–water partition coefficient (Wildman–Crippen LogP) is 2.22. The van der Waals surface area contributed by atoms with E-state index in [0.717, 1.165) is 5.56 Å². The standard InChI is InChI=1S/C15H20ClNO3S/c1-11-7-17(8-12(2)20-11)15(18)10-21(19)9-13-5-3-4-6-14(13)16/h3-6,11-12H,7-10H2,1-2H3/t11-,12-,21+/m1/s1. The Bertz CT molecular complexity index is 527. The van der Waals surface area contributed by atoms with Crippen LogP contribution in [-0.2, 0) is 26.1 Å². The number of hydrogen-bond donors (Lipinski definition) is 0. The first kappa shape index (κ1) is 16.5. The summed E-state index contributed by atoms with van der Waals surface area (Å²) < 4.78 is 17.8. The van der Waals surface area contributed by atoms with Gasteiger partial charge in [-0.15, -0.1) is 0 Å². The van der Waals surface area contributed by atoms with Crippen molar-refractivity contribution in [2.24, 2.45) is 0 Å². The predicted molar refractivity (Wildman–Crippen MR) is 84.8 cm³/mol. The number of rotatable bonds is 4. The van der Waals surface area contributed by atoms with Gasteiger partial charge in [0.25, 0.3) is 0 Å². The summed E-state index contributed by atoms with van der Waals surface area (Å²) in [7, 11) is -1.25. The molecule has 3 atom stereocenters. The van der Waals surface area contributed by atoms with E-state index in [0.29, 0.717) is 23.9 Å². The molecule has 1 aliphatic rings. The van der Waals surface area contributed by atoms with Crippen molar-refractivity contribution < 1.29 is 13.7 Å². The molecule has 0 unspecified atom stereocenters. The molecule has 0 N–H and O–H groups in total. The van der Waals surface area contributed by atoms with Crippen LogP contribution in [0.2, 0.25) is 5.02 Å². The molecule has 1 aromatic carbocycles. The van der Waals surface area contributed by atoms with Gasteiger partial charge < -0.3 is 9.64 Å². The van der Waals surface area contributed by atoms with Gasteiger partial charge in [-0.2, -0.15) is 0 Å². The normalized spacial score (nSPS) is 23.9. The van der Waals surface area contributed by atoms with E-state index in [1.54, 1.807) is 11.0 Å². The quantitative estimate of drug-likeness (QED) is 0.851. The molecule has 0 aromatic heterocycles. The minimum Gasteiger partial charge on any atom is -0.372 e. The molecule has 0 spiro atoms. The third-order valence-corrected chi connectivity index (χ3v) is 4.90. The van der Waals surface area contributed by atoms with Crippen LogP contribution in [0.25, 0.3) is 0 Å². The smallest absolute Gasteiger partial charge is 0.235 e. The third-order valence-electron chi connectivity index (χ3n) is 3.33. The number of halogens is 1. The zero-order valence-electron chi connectivity index (χ0n) is 12.3. The first-order valence-corrected chi connectivity index (χ1v) is 8.84. The molecule has 0 saturated carbocycles. The van der Waals surface area contributed by atoms with Gasteiger partial charge in [0, 0.05) is 28.9 Å². The molecule has 1 heterocycles. The third kappa shape index (κ3) is 4.80. The average molecular weight is 330 g/mol. The lowest BCUT2D eigenvalue weighted by Crippen LogP contribution is -2.49. The highest BCUT2D eigenvalue weighted by atomic mass is 35.5. The summed E-state index contributed by atoms with van der Waals surface area (Å²) in [4.78, 5) is 14.0. The van der Waals surface area contributed by atoms with Crippen molar-refractivity contribution in [3.05, 3.63) is 34.9 Å². The van der Waals surface area contributed by atoms with E-state index in [4.69, 9.17) is 16.3 Å². The molecular weight excluding hydrogens is 310 g/mol. The van der Waals surface area contributed by atoms with Crippen molar-refractivity contribution in [1.29, 1.82) is 0 Å². The summed E-state index contributed by atoms with van der Waals surface area (Å²) in [6, 6.07) is 7.28. The second-order valence-electron chi connectivity index (χ2n) is 5.38. The maximum Gasteiger partial charge on any atom is 0.235 e. The van der Waals surface area contributed by atoms with Crippen LogP contribution in [0, 0.1) is 0 Å². The highest BCUT2D eigenvalue weighted by Crippen LogP contribution is 2.17. The van der Waals surface area contributed by atoms with E-state index in [-0.39, 0.29) is 23.9 Å². The molecule has 1 aromatic rings. The Morgan fingerprint density at radius 3 is 2.57 bits per heavy atom. The lowest BCUT2D eigenvalue weighted by atomic mass is 10.2. The Hall–Kier alpha value is -0.910. The Balaban J connectivity index is 1.90. The summed E-state index contributed by atoms with van der Waals surface area (Å²) in [6.07, 6.45) is 0.0457. The molecule has 0 aliphatic carbocycles. The Morgan fingerprint density at radius 1 is 1.33 bits per heavy atom. The van der Waals surface area contributed by atoms with Crippen molar-refractivity contribution in [3.8, 4) is 0 Å². The first-order valence-electron chi connectivity index (χ1n) is 6.97. The molecule has 1 fully saturated rings. The average Bonchev–Trinajstić information content (AvgIpc) is 2.40. The zero-order chi connectivity index (χ0) is 15.4. The molecule has 0 radical (unpaired) electrons. The molecular formula is C15H20ClNO3S. The number of morpholine rings is 1. The summed E-state index contributed by atoms with van der Waals surface area (Å²) in [5, 5.41) is 0.590. The highest BCUT2D eigenvalue weighted by molar-refractivity contribution is 7.84. The van der Waals surface area contributed by atoms with Crippen LogP contribution < -0.4 is 0 Å². The number of ether oxygens (including phenoxy) is 1. The lowest BCUT2D eigenvalue weighted by molar-refractivity contribution is -0.140. The molecule has 6 heteroatoms. The molecule has 2 rings (SSSR count). The molecule has 1 saturated heterocycles. The fraction of sp³-hybridized carbons (Fsp3) is 0.533. The van der Waals surface area contributed by atoms with E-state index in [1.807, 2.05) is 32.0 Å². The summed E-state index contributed by atoms with van der Waals surface area (Å²) in [5.41, 5.74) is 0.814. The van der Waals surface area contributed by atoms with Crippen LogP contribution in [0.5, 0.6) is 0 Å². The van der Waals surface area contributed by atoms with Crippen molar-refractivity contribution in [2.75, 3.05) is 18.8 Å². The number of carbonyl (C=O) groups is 1. The SMILES string of the molecule is C[C@@H]1CN(C(=O)C[S@@](=O)Cc2ccccc2Cl)C[C@@H](C)O1. The van der Waals surface area contributed by atoms with Gasteiger partial charge in [-0.25, -0.2) is 0 Å². The van der Waals surface area contributed by atoms with Crippen LogP contribution in [0.1, 0.15) is 19.4 Å². The fourth-order valence-electron chi connectivity index (χ4n) is 2.45. The number of carbonyl (C=O) groups excluding carboxylic acids is 1. The number of nitrogens with zero attached hydrogens (tertiary/aromatic N) is 1. The van der Waals surface area contributed by atoms with Gasteiger partial charge in [-0.05, 0) is 25.5 Å². The van der Waals surface area contributed by atoms with Crippen LogP contribution in [0.4, 0.5) is 0 Å². The largest absolute Gasteiger partial charge is 0.372 e. The van der Waals surface area contributed by atoms with Crippen molar-refractivity contribution >= 4 is 28.3 Å². The summed E-state index contributed by atoms with van der Waals surface area (Å²) >= 11 is 6.05. The second kappa shape index (κ2) is 7.38. The topological polar surface area (TPSA) is 46.6 Å². The van der Waals surface area contributed by atoms with Gasteiger partial charge in [-0.3, -0.25) is 9.00 Å². The van der Waals surface area contributed by atoms with Gasteiger partial charge in [-0.1, -0.05) is 29.8 Å². The van der Waals surface area contributed by atoms with Gasteiger partial charge in [0.05, 0.1) is 18.0 Å². The Kier molecular flexibility index (Phi) is 5.79. The van der Waals surface area contributed by atoms with E-state index in [1.165, 1.54) is 0 Å². The van der Waals surface area contributed by atoms with Gasteiger partial charge >= 0.3 is 0 Å². The van der Waals surface area contributed by atoms with E-state index in [9.17, 15) is 9.00 Å². The van der Waals surface area contributed by atoms with Gasteiger partial charge in [0.1, 0.15) is 5.75 Å². The van der Waals surface area contributed by atoms with Crippen LogP contribution in [0.3, 0.4) is 0 Å². The lowest BCUT2D eigenvalue weighted by Gasteiger charge is -2.35. The molecule has 116 valence electrons. The number of hydrogen-bond acceptors (Lipinski definition) is 3. The van der Waals surface area contributed by atoms with Crippen molar-refractivity contribution in [2.45, 2.75) is 31.8 Å². The van der Waals surface area contributed by atoms with Crippen LogP contribution >= 0.6 is 11.6 Å². The van der Waals surface area contributed by atoms with Crippen LogP contribution in [0.15, 0.2) is 24.3 Å². The summed E-state index contributed by atoms with van der Waals surface area (Å²) in [5.74, 6) is 0.258. The molecule has 1 amide bonds. The molecule has 21 heavy (non-hydrogen) atoms. The highest BCUT2D eigenvalue weighted by Gasteiger charge is 2.26. The maximum absolute atomic E-state index is 12.2. The Morgan fingerprint density at radius 2 is 1.95 bits per heavy atom. The molecule has 4 nitrogen and oxygen atoms in total. The first-order chi connectivity index (χ1) is 9.95. The van der Waals surface area contributed by atoms with E-state index < -0.39 is 10.8 Å². The zero-order valence-corrected chi connectivity index (χ0v) is 13.8. The molecule has 0 bridgehead atoms. The van der Waals surface area contributed by atoms with Crippen LogP contribution in [-0.4, -0.2) is 46.1 Å². The van der Waals surface area contributed by atoms with Crippen molar-refractivity contribution in [3.63, 3.8) is 0 Å². The van der Waals surface area contributed by atoms with E-state index >= 15 is 0 Å². The minimum atomic E-state index is -1.25. The number of benzene rings is 1. The minimum absolute atomic E-state index is 0.0229. The second-order valence-corrected chi connectivity index (χ2v) is 7.24. The molecule has 1 aliphatic heterocycles. The monoisotopic (exact) mass is 329 g/mol. The maximum atomic E-state index is 12.2. The number of amides is 1. The van der Waals surface area contributed by atoms with E-state index in [2.05, 4.69) is 0 Å². The Labute approximate surface area is 132 Å². The van der Waals surface area contributed by atoms with Crippen molar-refractivity contribution in [1.82, 2.24) is 4.90 Å². The van der Waals surface area contributed by atoms with Gasteiger partial charge in [0.2, 0.25) is 5.91 Å². The summed E-state index contributed by atoms with van der Waals surface area (Å²) in [6.45, 7) is 5.01. The van der Waals surface area contributed by atoms with Gasteiger partial charge in [0.15, 0.2) is 0 Å². The fourth-order valence-corrected chi connectivity index (χ4v) is 3.89.